The van der Waals surface area contributed by atoms with E-state index in [1.165, 1.54) is 0 Å². The average Bonchev–Trinajstić information content (AvgIpc) is 2.53. The number of fused-ring (bicyclic) bond motifs is 1. The van der Waals surface area contributed by atoms with Crippen LogP contribution in [0.25, 0.3) is 0 Å². The third-order valence-electron chi connectivity index (χ3n) is 3.12. The van der Waals surface area contributed by atoms with Gasteiger partial charge in [-0.15, -0.1) is 0 Å². The summed E-state index contributed by atoms with van der Waals surface area (Å²) in [7, 11) is 1.64. The Labute approximate surface area is 131 Å². The molecule has 1 aliphatic heterocycles. The van der Waals surface area contributed by atoms with E-state index in [0.29, 0.717) is 13.2 Å². The van der Waals surface area contributed by atoms with Gasteiger partial charge in [-0.1, -0.05) is 15.9 Å². The summed E-state index contributed by atoms with van der Waals surface area (Å²) in [6.07, 6.45) is -0.124. The Kier molecular flexibility index (Phi) is 4.20. The zero-order chi connectivity index (χ0) is 14.7. The van der Waals surface area contributed by atoms with E-state index in [4.69, 9.17) is 18.9 Å². The number of methoxy groups -OCH3 is 1. The molecule has 2 aromatic rings. The van der Waals surface area contributed by atoms with Crippen molar-refractivity contribution >= 4 is 15.9 Å². The Bertz CT molecular complexity index is 612. The summed E-state index contributed by atoms with van der Waals surface area (Å²) < 4.78 is 23.3. The lowest BCUT2D eigenvalue weighted by Crippen LogP contribution is -2.34. The van der Waals surface area contributed by atoms with Crippen LogP contribution in [-0.4, -0.2) is 26.4 Å². The van der Waals surface area contributed by atoms with Gasteiger partial charge in [-0.3, -0.25) is 0 Å². The Morgan fingerprint density at radius 1 is 1.10 bits per heavy atom. The molecule has 0 N–H and O–H groups in total. The van der Waals surface area contributed by atoms with Crippen molar-refractivity contribution in [2.45, 2.75) is 6.10 Å². The van der Waals surface area contributed by atoms with E-state index in [0.717, 1.165) is 27.5 Å². The molecule has 0 aliphatic carbocycles. The van der Waals surface area contributed by atoms with E-state index >= 15 is 0 Å². The molecular formula is C16H15BrO4. The Morgan fingerprint density at radius 2 is 1.86 bits per heavy atom. The number of halogens is 1. The fraction of sp³-hybridized carbons (Fsp3) is 0.250. The lowest BCUT2D eigenvalue weighted by Gasteiger charge is -2.26. The third kappa shape index (κ3) is 3.42. The fourth-order valence-electron chi connectivity index (χ4n) is 2.03. The Balaban J connectivity index is 1.58. The van der Waals surface area contributed by atoms with Crippen LogP contribution in [0.3, 0.4) is 0 Å². The minimum Gasteiger partial charge on any atom is -0.497 e. The largest absolute Gasteiger partial charge is 0.497 e. The number of hydrogen-bond acceptors (Lipinski definition) is 4. The van der Waals surface area contributed by atoms with E-state index in [-0.39, 0.29) is 6.10 Å². The van der Waals surface area contributed by atoms with Gasteiger partial charge in [0.1, 0.15) is 24.7 Å². The van der Waals surface area contributed by atoms with Crippen LogP contribution >= 0.6 is 15.9 Å². The molecule has 0 saturated carbocycles. The maximum Gasteiger partial charge on any atom is 0.166 e. The van der Waals surface area contributed by atoms with Crippen molar-refractivity contribution in [3.05, 3.63) is 46.9 Å². The zero-order valence-electron chi connectivity index (χ0n) is 11.5. The van der Waals surface area contributed by atoms with E-state index in [2.05, 4.69) is 15.9 Å². The van der Waals surface area contributed by atoms with Crippen LogP contribution in [-0.2, 0) is 0 Å². The molecule has 0 fully saturated rings. The first-order chi connectivity index (χ1) is 10.2. The van der Waals surface area contributed by atoms with Crippen molar-refractivity contribution in [3.63, 3.8) is 0 Å². The number of benzene rings is 2. The summed E-state index contributed by atoms with van der Waals surface area (Å²) in [6.45, 7) is 0.904. The van der Waals surface area contributed by atoms with Crippen LogP contribution in [0.1, 0.15) is 0 Å². The van der Waals surface area contributed by atoms with E-state index in [1.54, 1.807) is 7.11 Å². The maximum atomic E-state index is 5.86. The van der Waals surface area contributed by atoms with E-state index in [1.807, 2.05) is 42.5 Å². The standard InChI is InChI=1S/C16H15BrO4/c1-18-12-3-5-13(6-4-12)19-9-14-10-20-16-8-11(17)2-7-15(16)21-14/h2-8,14H,9-10H2,1H3. The summed E-state index contributed by atoms with van der Waals surface area (Å²) >= 11 is 3.41. The molecule has 0 bridgehead atoms. The number of hydrogen-bond donors (Lipinski definition) is 0. The molecule has 0 radical (unpaired) electrons. The van der Waals surface area contributed by atoms with Crippen molar-refractivity contribution in [1.82, 2.24) is 0 Å². The topological polar surface area (TPSA) is 36.9 Å². The summed E-state index contributed by atoms with van der Waals surface area (Å²) in [5.74, 6) is 3.08. The highest BCUT2D eigenvalue weighted by Crippen LogP contribution is 2.34. The second-order valence-electron chi connectivity index (χ2n) is 4.63. The lowest BCUT2D eigenvalue weighted by molar-refractivity contribution is 0.0535. The fourth-order valence-corrected chi connectivity index (χ4v) is 2.37. The highest BCUT2D eigenvalue weighted by molar-refractivity contribution is 9.10. The summed E-state index contributed by atoms with van der Waals surface area (Å²) in [6, 6.07) is 13.2. The van der Waals surface area contributed by atoms with Crippen LogP contribution in [0.4, 0.5) is 0 Å². The first-order valence-corrected chi connectivity index (χ1v) is 7.40. The molecule has 1 aliphatic rings. The van der Waals surface area contributed by atoms with Gasteiger partial charge < -0.3 is 18.9 Å². The summed E-state index contributed by atoms with van der Waals surface area (Å²) in [5, 5.41) is 0. The molecule has 0 saturated heterocycles. The maximum absolute atomic E-state index is 5.86. The smallest absolute Gasteiger partial charge is 0.166 e. The van der Waals surface area contributed by atoms with Gasteiger partial charge in [0.05, 0.1) is 7.11 Å². The molecule has 1 atom stereocenters. The van der Waals surface area contributed by atoms with Gasteiger partial charge in [0.2, 0.25) is 0 Å². The first-order valence-electron chi connectivity index (χ1n) is 6.60. The highest BCUT2D eigenvalue weighted by Gasteiger charge is 2.21. The van der Waals surface area contributed by atoms with Crippen molar-refractivity contribution in [1.29, 1.82) is 0 Å². The average molecular weight is 351 g/mol. The van der Waals surface area contributed by atoms with Gasteiger partial charge in [-0.25, -0.2) is 0 Å². The zero-order valence-corrected chi connectivity index (χ0v) is 13.1. The third-order valence-corrected chi connectivity index (χ3v) is 3.61. The highest BCUT2D eigenvalue weighted by atomic mass is 79.9. The Hall–Kier alpha value is -1.88. The predicted octanol–water partition coefficient (Wildman–Crippen LogP) is 3.68. The summed E-state index contributed by atoms with van der Waals surface area (Å²) in [5.41, 5.74) is 0. The molecule has 4 nitrogen and oxygen atoms in total. The molecule has 110 valence electrons. The number of rotatable bonds is 4. The van der Waals surface area contributed by atoms with Gasteiger partial charge in [0.15, 0.2) is 17.6 Å². The van der Waals surface area contributed by atoms with Crippen molar-refractivity contribution in [2.75, 3.05) is 20.3 Å². The molecule has 0 spiro atoms. The number of ether oxygens (including phenoxy) is 4. The van der Waals surface area contributed by atoms with Crippen molar-refractivity contribution in [2.24, 2.45) is 0 Å². The molecule has 2 aromatic carbocycles. The van der Waals surface area contributed by atoms with E-state index in [9.17, 15) is 0 Å². The van der Waals surface area contributed by atoms with Gasteiger partial charge in [0, 0.05) is 4.47 Å². The van der Waals surface area contributed by atoms with Gasteiger partial charge in [-0.2, -0.15) is 0 Å². The molecule has 1 heterocycles. The van der Waals surface area contributed by atoms with E-state index < -0.39 is 0 Å². The predicted molar refractivity (Wildman–Crippen MR) is 82.5 cm³/mol. The van der Waals surface area contributed by atoms with Crippen molar-refractivity contribution in [3.8, 4) is 23.0 Å². The Morgan fingerprint density at radius 3 is 2.62 bits per heavy atom. The molecular weight excluding hydrogens is 336 g/mol. The summed E-state index contributed by atoms with van der Waals surface area (Å²) in [4.78, 5) is 0. The van der Waals surface area contributed by atoms with Crippen LogP contribution in [0.5, 0.6) is 23.0 Å². The van der Waals surface area contributed by atoms with Gasteiger partial charge in [-0.05, 0) is 42.5 Å². The van der Waals surface area contributed by atoms with Crippen LogP contribution in [0, 0.1) is 0 Å². The quantitative estimate of drug-likeness (QED) is 0.842. The molecule has 5 heteroatoms. The SMILES string of the molecule is COc1ccc(OCC2COc3cc(Br)ccc3O2)cc1. The molecule has 0 amide bonds. The monoisotopic (exact) mass is 350 g/mol. The molecule has 1 unspecified atom stereocenters. The van der Waals surface area contributed by atoms with Crippen LogP contribution in [0.2, 0.25) is 0 Å². The first kappa shape index (κ1) is 14.1. The molecule has 3 rings (SSSR count). The lowest BCUT2D eigenvalue weighted by atomic mass is 10.2. The van der Waals surface area contributed by atoms with Gasteiger partial charge in [0.25, 0.3) is 0 Å². The van der Waals surface area contributed by atoms with Crippen LogP contribution < -0.4 is 18.9 Å². The second kappa shape index (κ2) is 6.26. The van der Waals surface area contributed by atoms with Crippen LogP contribution in [0.15, 0.2) is 46.9 Å². The molecule has 0 aromatic heterocycles. The minimum atomic E-state index is -0.124. The minimum absolute atomic E-state index is 0.124. The van der Waals surface area contributed by atoms with Gasteiger partial charge >= 0.3 is 0 Å². The molecule has 21 heavy (non-hydrogen) atoms. The van der Waals surface area contributed by atoms with Crippen molar-refractivity contribution < 1.29 is 18.9 Å². The second-order valence-corrected chi connectivity index (χ2v) is 5.54. The normalized spacial score (nSPS) is 16.4.